The number of carbonyl (C=O) groups is 1. The number of carboxylic acids is 1. The molecule has 6 heteroatoms. The second-order valence-electron chi connectivity index (χ2n) is 4.23. The minimum Gasteiger partial charge on any atom is -0.478 e. The van der Waals surface area contributed by atoms with Gasteiger partial charge in [-0.3, -0.25) is 0 Å². The Kier molecular flexibility index (Phi) is 3.81. The number of carboxylic acid groups (broad SMARTS) is 1. The molecular weight excluding hydrogens is 283 g/mol. The van der Waals surface area contributed by atoms with E-state index in [1.807, 2.05) is 0 Å². The van der Waals surface area contributed by atoms with Crippen molar-refractivity contribution in [1.82, 2.24) is 0 Å². The second kappa shape index (κ2) is 5.38. The first-order valence-corrected chi connectivity index (χ1v) is 6.13. The van der Waals surface area contributed by atoms with E-state index >= 15 is 0 Å². The van der Waals surface area contributed by atoms with Crippen molar-refractivity contribution in [1.29, 1.82) is 0 Å². The average Bonchev–Trinajstić information content (AvgIpc) is 2.39. The Morgan fingerprint density at radius 3 is 2.65 bits per heavy atom. The fraction of sp³-hybridized carbons (Fsp3) is 0.0714. The highest BCUT2D eigenvalue weighted by Gasteiger charge is 2.18. The summed E-state index contributed by atoms with van der Waals surface area (Å²) in [6.07, 6.45) is 0. The summed E-state index contributed by atoms with van der Waals surface area (Å²) in [5.41, 5.74) is 6.38. The maximum atomic E-state index is 13.4. The first-order chi connectivity index (χ1) is 9.41. The van der Waals surface area contributed by atoms with E-state index in [2.05, 4.69) is 5.32 Å². The first kappa shape index (κ1) is 14.1. The van der Waals surface area contributed by atoms with E-state index < -0.39 is 17.5 Å². The van der Waals surface area contributed by atoms with Gasteiger partial charge in [0.25, 0.3) is 0 Å². The van der Waals surface area contributed by atoms with Crippen molar-refractivity contribution in [3.63, 3.8) is 0 Å². The summed E-state index contributed by atoms with van der Waals surface area (Å²) >= 11 is 6.00. The van der Waals surface area contributed by atoms with Gasteiger partial charge in [0.1, 0.15) is 11.4 Å². The first-order valence-electron chi connectivity index (χ1n) is 5.75. The molecule has 4 N–H and O–H groups in total. The van der Waals surface area contributed by atoms with Crippen LogP contribution in [-0.2, 0) is 0 Å². The topological polar surface area (TPSA) is 75.3 Å². The number of anilines is 3. The molecule has 0 amide bonds. The molecule has 4 nitrogen and oxygen atoms in total. The van der Waals surface area contributed by atoms with Crippen LogP contribution in [0.4, 0.5) is 21.5 Å². The molecule has 2 aromatic rings. The molecule has 0 unspecified atom stereocenters. The molecule has 0 spiro atoms. The van der Waals surface area contributed by atoms with Crippen LogP contribution in [0.3, 0.4) is 0 Å². The van der Waals surface area contributed by atoms with Crippen LogP contribution in [0.15, 0.2) is 30.3 Å². The number of benzene rings is 2. The van der Waals surface area contributed by atoms with Crippen LogP contribution in [0.25, 0.3) is 0 Å². The van der Waals surface area contributed by atoms with E-state index in [-0.39, 0.29) is 11.3 Å². The van der Waals surface area contributed by atoms with Crippen LogP contribution in [0.1, 0.15) is 15.9 Å². The fourth-order valence-electron chi connectivity index (χ4n) is 1.82. The summed E-state index contributed by atoms with van der Waals surface area (Å²) < 4.78 is 13.4. The van der Waals surface area contributed by atoms with Gasteiger partial charge in [0, 0.05) is 10.7 Å². The normalized spacial score (nSPS) is 10.3. The highest BCUT2D eigenvalue weighted by molar-refractivity contribution is 6.31. The molecule has 0 heterocycles. The zero-order valence-corrected chi connectivity index (χ0v) is 11.3. The standard InChI is InChI=1S/C14H12ClFN2O2/c1-7-8(15)3-2-4-10(7)18-11-6-5-9(16)13(17)12(11)14(19)20/h2-6,18H,17H2,1H3,(H,19,20). The summed E-state index contributed by atoms with van der Waals surface area (Å²) in [6, 6.07) is 7.63. The van der Waals surface area contributed by atoms with Gasteiger partial charge in [-0.25, -0.2) is 9.18 Å². The molecule has 0 saturated heterocycles. The zero-order valence-electron chi connectivity index (χ0n) is 10.6. The Morgan fingerprint density at radius 2 is 2.00 bits per heavy atom. The van der Waals surface area contributed by atoms with Crippen molar-refractivity contribution in [2.75, 3.05) is 11.1 Å². The van der Waals surface area contributed by atoms with Crippen molar-refractivity contribution >= 4 is 34.6 Å². The third-order valence-corrected chi connectivity index (χ3v) is 3.35. The van der Waals surface area contributed by atoms with Crippen LogP contribution in [-0.4, -0.2) is 11.1 Å². The third-order valence-electron chi connectivity index (χ3n) is 2.94. The van der Waals surface area contributed by atoms with Gasteiger partial charge < -0.3 is 16.2 Å². The van der Waals surface area contributed by atoms with Gasteiger partial charge in [0.2, 0.25) is 0 Å². The summed E-state index contributed by atoms with van der Waals surface area (Å²) in [4.78, 5) is 11.2. The van der Waals surface area contributed by atoms with Gasteiger partial charge in [0.05, 0.1) is 11.4 Å². The van der Waals surface area contributed by atoms with Gasteiger partial charge in [-0.2, -0.15) is 0 Å². The predicted molar refractivity (Wildman–Crippen MR) is 77.2 cm³/mol. The number of rotatable bonds is 3. The zero-order chi connectivity index (χ0) is 14.9. The Labute approximate surface area is 120 Å². The van der Waals surface area contributed by atoms with Gasteiger partial charge in [-0.15, -0.1) is 0 Å². The van der Waals surface area contributed by atoms with Crippen LogP contribution in [0.2, 0.25) is 5.02 Å². The smallest absolute Gasteiger partial charge is 0.340 e. The molecule has 0 aromatic heterocycles. The van der Waals surface area contributed by atoms with Crippen LogP contribution >= 0.6 is 11.6 Å². The van der Waals surface area contributed by atoms with Crippen LogP contribution < -0.4 is 11.1 Å². The molecule has 0 aliphatic carbocycles. The molecular formula is C14H12ClFN2O2. The number of halogens is 2. The summed E-state index contributed by atoms with van der Waals surface area (Å²) in [5, 5.41) is 12.6. The van der Waals surface area contributed by atoms with E-state index in [1.54, 1.807) is 25.1 Å². The van der Waals surface area contributed by atoms with E-state index in [0.29, 0.717) is 10.7 Å². The lowest BCUT2D eigenvalue weighted by atomic mass is 10.1. The van der Waals surface area contributed by atoms with Crippen molar-refractivity contribution in [2.24, 2.45) is 0 Å². The Hall–Kier alpha value is -2.27. The molecule has 0 fully saturated rings. The predicted octanol–water partition coefficient (Wildman–Crippen LogP) is 3.81. The van der Waals surface area contributed by atoms with Crippen molar-refractivity contribution < 1.29 is 14.3 Å². The number of nitrogen functional groups attached to an aromatic ring is 1. The molecule has 0 saturated carbocycles. The molecule has 0 bridgehead atoms. The fourth-order valence-corrected chi connectivity index (χ4v) is 1.99. The molecule has 0 atom stereocenters. The van der Waals surface area contributed by atoms with Crippen molar-refractivity contribution in [3.05, 3.63) is 52.3 Å². The number of hydrogen-bond acceptors (Lipinski definition) is 3. The average molecular weight is 295 g/mol. The van der Waals surface area contributed by atoms with E-state index in [0.717, 1.165) is 11.6 Å². The molecule has 104 valence electrons. The Balaban J connectivity index is 2.52. The Bertz CT molecular complexity index is 689. The van der Waals surface area contributed by atoms with Gasteiger partial charge in [0.15, 0.2) is 0 Å². The third kappa shape index (κ3) is 2.53. The lowest BCUT2D eigenvalue weighted by Gasteiger charge is -2.14. The highest BCUT2D eigenvalue weighted by Crippen LogP contribution is 2.31. The molecule has 2 rings (SSSR count). The molecule has 0 aliphatic heterocycles. The quantitative estimate of drug-likeness (QED) is 0.752. The number of hydrogen-bond donors (Lipinski definition) is 3. The number of nitrogens with one attached hydrogen (secondary N) is 1. The van der Waals surface area contributed by atoms with Crippen LogP contribution in [0.5, 0.6) is 0 Å². The summed E-state index contributed by atoms with van der Waals surface area (Å²) in [6.45, 7) is 1.79. The minimum atomic E-state index is -1.30. The molecule has 0 radical (unpaired) electrons. The monoisotopic (exact) mass is 294 g/mol. The van der Waals surface area contributed by atoms with Gasteiger partial charge in [-0.1, -0.05) is 17.7 Å². The molecule has 0 aliphatic rings. The summed E-state index contributed by atoms with van der Waals surface area (Å²) in [5.74, 6) is -2.07. The number of aromatic carboxylic acids is 1. The lowest BCUT2D eigenvalue weighted by Crippen LogP contribution is -2.09. The number of nitrogens with two attached hydrogens (primary N) is 1. The maximum Gasteiger partial charge on any atom is 0.340 e. The van der Waals surface area contributed by atoms with E-state index in [9.17, 15) is 9.18 Å². The van der Waals surface area contributed by atoms with Crippen LogP contribution in [0, 0.1) is 12.7 Å². The maximum absolute atomic E-state index is 13.4. The SMILES string of the molecule is Cc1c(Cl)cccc1Nc1ccc(F)c(N)c1C(=O)O. The van der Waals surface area contributed by atoms with Crippen molar-refractivity contribution in [2.45, 2.75) is 6.92 Å². The van der Waals surface area contributed by atoms with Gasteiger partial charge >= 0.3 is 5.97 Å². The van der Waals surface area contributed by atoms with E-state index in [1.165, 1.54) is 6.07 Å². The second-order valence-corrected chi connectivity index (χ2v) is 4.63. The van der Waals surface area contributed by atoms with Gasteiger partial charge in [-0.05, 0) is 36.8 Å². The molecule has 2 aromatic carbocycles. The highest BCUT2D eigenvalue weighted by atomic mass is 35.5. The van der Waals surface area contributed by atoms with E-state index in [4.69, 9.17) is 22.4 Å². The van der Waals surface area contributed by atoms with Crippen molar-refractivity contribution in [3.8, 4) is 0 Å². The minimum absolute atomic E-state index is 0.210. The largest absolute Gasteiger partial charge is 0.478 e. The molecule has 20 heavy (non-hydrogen) atoms. The Morgan fingerprint density at radius 1 is 1.30 bits per heavy atom. The lowest BCUT2D eigenvalue weighted by molar-refractivity contribution is 0.0698. The summed E-state index contributed by atoms with van der Waals surface area (Å²) in [7, 11) is 0.